The van der Waals surface area contributed by atoms with Crippen LogP contribution >= 0.6 is 0 Å². The van der Waals surface area contributed by atoms with E-state index >= 15 is 0 Å². The summed E-state index contributed by atoms with van der Waals surface area (Å²) in [6.07, 6.45) is 2.58. The molecule has 2 aromatic carbocycles. The molecule has 138 valence electrons. The largest absolute Gasteiger partial charge is 0.487 e. The van der Waals surface area contributed by atoms with Gasteiger partial charge >= 0.3 is 0 Å². The third-order valence-corrected chi connectivity index (χ3v) is 5.18. The smallest absolute Gasteiger partial charge is 0.258 e. The second kappa shape index (κ2) is 7.81. The number of ether oxygens (including phenoxy) is 2. The van der Waals surface area contributed by atoms with Crippen LogP contribution in [0.2, 0.25) is 0 Å². The number of fused-ring (bicyclic) bond motifs is 1. The highest BCUT2D eigenvalue weighted by atomic mass is 16.5. The lowest BCUT2D eigenvalue weighted by atomic mass is 9.83. The number of hydrogen-bond acceptors (Lipinski definition) is 3. The van der Waals surface area contributed by atoms with Crippen molar-refractivity contribution in [2.45, 2.75) is 51.7 Å². The van der Waals surface area contributed by atoms with Crippen molar-refractivity contribution in [3.05, 3.63) is 59.7 Å². The first kappa shape index (κ1) is 18.3. The van der Waals surface area contributed by atoms with E-state index in [2.05, 4.69) is 19.2 Å². The average molecular weight is 353 g/mol. The molecular weight excluding hydrogens is 326 g/mol. The van der Waals surface area contributed by atoms with E-state index in [1.165, 1.54) is 0 Å². The summed E-state index contributed by atoms with van der Waals surface area (Å²) in [6, 6.07) is 15.6. The molecule has 1 aliphatic heterocycles. The zero-order valence-corrected chi connectivity index (χ0v) is 15.7. The van der Waals surface area contributed by atoms with Crippen molar-refractivity contribution in [1.82, 2.24) is 5.32 Å². The van der Waals surface area contributed by atoms with Gasteiger partial charge in [0.1, 0.15) is 17.1 Å². The molecule has 1 amide bonds. The van der Waals surface area contributed by atoms with Gasteiger partial charge in [-0.2, -0.15) is 0 Å². The van der Waals surface area contributed by atoms with Gasteiger partial charge in [0.15, 0.2) is 6.61 Å². The first-order chi connectivity index (χ1) is 12.5. The molecule has 0 unspecified atom stereocenters. The summed E-state index contributed by atoms with van der Waals surface area (Å²) in [5.41, 5.74) is 1.91. The molecule has 1 N–H and O–H groups in total. The zero-order valence-electron chi connectivity index (χ0n) is 15.7. The van der Waals surface area contributed by atoms with E-state index < -0.39 is 0 Å². The number of para-hydroxylation sites is 1. The van der Waals surface area contributed by atoms with E-state index in [1.807, 2.05) is 55.5 Å². The molecular formula is C22H27NO3. The third kappa shape index (κ3) is 4.01. The molecule has 0 bridgehead atoms. The number of carbonyl (C=O) groups excluding carboxylic acids is 1. The molecule has 26 heavy (non-hydrogen) atoms. The standard InChI is InChI=1S/C22H27NO3/c1-4-22(5-2)14-19(18-11-6-7-12-20(18)26-22)23-21(24)15-25-17-10-8-9-16(3)13-17/h6-13,19H,4-5,14-15H2,1-3H3,(H,23,24)/t19-/m1/s1. The highest BCUT2D eigenvalue weighted by Gasteiger charge is 2.38. The number of rotatable bonds is 6. The summed E-state index contributed by atoms with van der Waals surface area (Å²) < 4.78 is 11.9. The van der Waals surface area contributed by atoms with Gasteiger partial charge in [-0.15, -0.1) is 0 Å². The maximum absolute atomic E-state index is 12.5. The van der Waals surface area contributed by atoms with Gasteiger partial charge < -0.3 is 14.8 Å². The van der Waals surface area contributed by atoms with Crippen molar-refractivity contribution in [1.29, 1.82) is 0 Å². The van der Waals surface area contributed by atoms with Gasteiger partial charge in [-0.05, 0) is 43.5 Å². The van der Waals surface area contributed by atoms with Crippen molar-refractivity contribution in [2.24, 2.45) is 0 Å². The summed E-state index contributed by atoms with van der Waals surface area (Å²) in [5, 5.41) is 3.14. The number of benzene rings is 2. The highest BCUT2D eigenvalue weighted by Crippen LogP contribution is 2.42. The van der Waals surface area contributed by atoms with E-state index in [1.54, 1.807) is 0 Å². The predicted molar refractivity (Wildman–Crippen MR) is 103 cm³/mol. The van der Waals surface area contributed by atoms with Crippen LogP contribution in [0.5, 0.6) is 11.5 Å². The number of amides is 1. The first-order valence-electron chi connectivity index (χ1n) is 9.32. The van der Waals surface area contributed by atoms with Gasteiger partial charge in [-0.1, -0.05) is 44.2 Å². The lowest BCUT2D eigenvalue weighted by Gasteiger charge is -2.41. The van der Waals surface area contributed by atoms with Crippen LogP contribution in [0.25, 0.3) is 0 Å². The van der Waals surface area contributed by atoms with Gasteiger partial charge in [0.05, 0.1) is 6.04 Å². The van der Waals surface area contributed by atoms with Crippen LogP contribution in [-0.2, 0) is 4.79 Å². The van der Waals surface area contributed by atoms with Crippen molar-refractivity contribution >= 4 is 5.91 Å². The molecule has 3 rings (SSSR count). The van der Waals surface area contributed by atoms with Crippen molar-refractivity contribution < 1.29 is 14.3 Å². The molecule has 1 atom stereocenters. The summed E-state index contributed by atoms with van der Waals surface area (Å²) in [5.74, 6) is 1.46. The first-order valence-corrected chi connectivity index (χ1v) is 9.32. The van der Waals surface area contributed by atoms with E-state index in [-0.39, 0.29) is 24.2 Å². The van der Waals surface area contributed by atoms with Gasteiger partial charge in [0.2, 0.25) is 0 Å². The van der Waals surface area contributed by atoms with E-state index in [0.29, 0.717) is 5.75 Å². The minimum absolute atomic E-state index is 0.00816. The zero-order chi connectivity index (χ0) is 18.6. The quantitative estimate of drug-likeness (QED) is 0.827. The highest BCUT2D eigenvalue weighted by molar-refractivity contribution is 5.78. The van der Waals surface area contributed by atoms with Crippen LogP contribution in [0.1, 0.15) is 50.3 Å². The minimum Gasteiger partial charge on any atom is -0.487 e. The maximum atomic E-state index is 12.5. The Morgan fingerprint density at radius 1 is 1.19 bits per heavy atom. The molecule has 4 heteroatoms. The Balaban J connectivity index is 1.70. The van der Waals surface area contributed by atoms with Gasteiger partial charge in [-0.3, -0.25) is 4.79 Å². The van der Waals surface area contributed by atoms with Crippen LogP contribution in [0.3, 0.4) is 0 Å². The molecule has 0 aromatic heterocycles. The molecule has 0 saturated carbocycles. The Labute approximate surface area is 155 Å². The molecule has 0 spiro atoms. The summed E-state index contributed by atoms with van der Waals surface area (Å²) in [4.78, 5) is 12.5. The molecule has 2 aromatic rings. The number of hydrogen-bond donors (Lipinski definition) is 1. The average Bonchev–Trinajstić information content (AvgIpc) is 2.66. The topological polar surface area (TPSA) is 47.6 Å². The Bertz CT molecular complexity index is 767. The van der Waals surface area contributed by atoms with E-state index in [9.17, 15) is 4.79 Å². The summed E-state index contributed by atoms with van der Waals surface area (Å²) in [6.45, 7) is 6.28. The van der Waals surface area contributed by atoms with Gasteiger partial charge in [-0.25, -0.2) is 0 Å². The Hall–Kier alpha value is -2.49. The summed E-state index contributed by atoms with van der Waals surface area (Å²) >= 11 is 0. The van der Waals surface area contributed by atoms with Crippen molar-refractivity contribution in [2.75, 3.05) is 6.61 Å². The van der Waals surface area contributed by atoms with Gasteiger partial charge in [0, 0.05) is 12.0 Å². The molecule has 1 aliphatic rings. The van der Waals surface area contributed by atoms with Crippen LogP contribution < -0.4 is 14.8 Å². The molecule has 0 aliphatic carbocycles. The predicted octanol–water partition coefficient (Wildman–Crippen LogP) is 4.57. The molecule has 0 radical (unpaired) electrons. The third-order valence-electron chi connectivity index (χ3n) is 5.18. The van der Waals surface area contributed by atoms with Crippen LogP contribution in [-0.4, -0.2) is 18.1 Å². The number of carbonyl (C=O) groups is 1. The second-order valence-electron chi connectivity index (χ2n) is 6.96. The summed E-state index contributed by atoms with van der Waals surface area (Å²) in [7, 11) is 0. The van der Waals surface area contributed by atoms with Crippen LogP contribution in [0.4, 0.5) is 0 Å². The molecule has 0 saturated heterocycles. The second-order valence-corrected chi connectivity index (χ2v) is 6.96. The molecule has 1 heterocycles. The van der Waals surface area contributed by atoms with Crippen molar-refractivity contribution in [3.8, 4) is 11.5 Å². The van der Waals surface area contributed by atoms with Gasteiger partial charge in [0.25, 0.3) is 5.91 Å². The Kier molecular flexibility index (Phi) is 5.50. The molecule has 0 fully saturated rings. The fourth-order valence-electron chi connectivity index (χ4n) is 3.52. The SMILES string of the molecule is CCC1(CC)C[C@@H](NC(=O)COc2cccc(C)c2)c2ccccc2O1. The number of aryl methyl sites for hydroxylation is 1. The monoisotopic (exact) mass is 353 g/mol. The van der Waals surface area contributed by atoms with E-state index in [4.69, 9.17) is 9.47 Å². The lowest BCUT2D eigenvalue weighted by molar-refractivity contribution is -0.124. The minimum atomic E-state index is -0.232. The van der Waals surface area contributed by atoms with Crippen LogP contribution in [0, 0.1) is 6.92 Å². The normalized spacial score (nSPS) is 17.7. The number of nitrogens with one attached hydrogen (secondary N) is 1. The lowest BCUT2D eigenvalue weighted by Crippen LogP contribution is -2.45. The Morgan fingerprint density at radius 2 is 1.96 bits per heavy atom. The van der Waals surface area contributed by atoms with E-state index in [0.717, 1.165) is 36.1 Å². The Morgan fingerprint density at radius 3 is 2.69 bits per heavy atom. The molecule has 4 nitrogen and oxygen atoms in total. The fourth-order valence-corrected chi connectivity index (χ4v) is 3.52. The maximum Gasteiger partial charge on any atom is 0.258 e. The van der Waals surface area contributed by atoms with Crippen LogP contribution in [0.15, 0.2) is 48.5 Å². The fraction of sp³-hybridized carbons (Fsp3) is 0.409. The van der Waals surface area contributed by atoms with Crippen molar-refractivity contribution in [3.63, 3.8) is 0 Å².